The minimum atomic E-state index is -0.168. The third-order valence-electron chi connectivity index (χ3n) is 1.57. The summed E-state index contributed by atoms with van der Waals surface area (Å²) < 4.78 is 5.11. The minimum absolute atomic E-state index is 0.0175. The van der Waals surface area contributed by atoms with E-state index in [0.29, 0.717) is 0 Å². The minimum Gasteiger partial charge on any atom is -0.447 e. The lowest BCUT2D eigenvalue weighted by Crippen LogP contribution is -2.35. The summed E-state index contributed by atoms with van der Waals surface area (Å²) in [6.45, 7) is 5.37. The molecule has 0 unspecified atom stereocenters. The van der Waals surface area contributed by atoms with Gasteiger partial charge in [-0.1, -0.05) is 21.6 Å². The van der Waals surface area contributed by atoms with Crippen LogP contribution in [0.25, 0.3) is 0 Å². The number of carbonyl (C=O) groups is 1. The molecule has 1 aliphatic rings. The van der Waals surface area contributed by atoms with Crippen LogP contribution in [0.3, 0.4) is 0 Å². The van der Waals surface area contributed by atoms with Gasteiger partial charge in [-0.05, 0) is 13.8 Å². The first-order valence-corrected chi connectivity index (χ1v) is 6.89. The number of hydrogen-bond acceptors (Lipinski definition) is 4. The topological polar surface area (TPSA) is 29.5 Å². The van der Waals surface area contributed by atoms with E-state index >= 15 is 0 Å². The number of carbonyl (C=O) groups excluding carboxylic acids is 1. The molecule has 3 nitrogen and oxygen atoms in total. The van der Waals surface area contributed by atoms with Gasteiger partial charge in [0.15, 0.2) is 0 Å². The van der Waals surface area contributed by atoms with Crippen LogP contribution in [0.15, 0.2) is 0 Å². The fourth-order valence-corrected chi connectivity index (χ4v) is 2.96. The molecule has 1 rings (SSSR count). The molecule has 0 aromatic carbocycles. The highest BCUT2D eigenvalue weighted by Crippen LogP contribution is 2.24. The van der Waals surface area contributed by atoms with Crippen LogP contribution in [-0.2, 0) is 4.74 Å². The van der Waals surface area contributed by atoms with Crippen molar-refractivity contribution < 1.29 is 9.53 Å². The Morgan fingerprint density at radius 2 is 1.85 bits per heavy atom. The van der Waals surface area contributed by atoms with Crippen molar-refractivity contribution in [2.75, 3.05) is 24.6 Å². The molecule has 1 saturated heterocycles. The maximum Gasteiger partial charge on any atom is 0.410 e. The third kappa shape index (κ3) is 4.13. The van der Waals surface area contributed by atoms with E-state index in [9.17, 15) is 4.79 Å². The highest BCUT2D eigenvalue weighted by molar-refractivity contribution is 8.76. The van der Waals surface area contributed by atoms with Gasteiger partial charge >= 0.3 is 6.09 Å². The van der Waals surface area contributed by atoms with E-state index in [1.165, 1.54) is 0 Å². The molecule has 0 atom stereocenters. The van der Waals surface area contributed by atoms with Gasteiger partial charge in [0, 0.05) is 24.6 Å². The summed E-state index contributed by atoms with van der Waals surface area (Å²) in [6, 6.07) is 0. The standard InChI is InChI=1S/C8H15NO2S2/c1-7(2)11-8(10)9-3-5-12-13-6-4-9/h7H,3-6H2,1-2H3. The second-order valence-electron chi connectivity index (χ2n) is 3.06. The lowest BCUT2D eigenvalue weighted by Gasteiger charge is -2.20. The molecule has 1 fully saturated rings. The van der Waals surface area contributed by atoms with Crippen molar-refractivity contribution in [2.24, 2.45) is 0 Å². The zero-order valence-electron chi connectivity index (χ0n) is 7.99. The second-order valence-corrected chi connectivity index (χ2v) is 5.77. The third-order valence-corrected chi connectivity index (χ3v) is 3.93. The maximum absolute atomic E-state index is 11.4. The van der Waals surface area contributed by atoms with Crippen molar-refractivity contribution in [3.63, 3.8) is 0 Å². The van der Waals surface area contributed by atoms with Crippen LogP contribution in [0.4, 0.5) is 4.79 Å². The molecule has 0 N–H and O–H groups in total. The molecule has 1 aliphatic heterocycles. The van der Waals surface area contributed by atoms with Gasteiger partial charge in [0.05, 0.1) is 6.10 Å². The second kappa shape index (κ2) is 5.65. The molecule has 0 radical (unpaired) electrons. The summed E-state index contributed by atoms with van der Waals surface area (Å²) >= 11 is 0. The first kappa shape index (κ1) is 11.0. The SMILES string of the molecule is CC(C)OC(=O)N1CCSSCC1. The molecule has 0 bridgehead atoms. The van der Waals surface area contributed by atoms with Gasteiger partial charge < -0.3 is 9.64 Å². The van der Waals surface area contributed by atoms with Gasteiger partial charge in [-0.2, -0.15) is 0 Å². The van der Waals surface area contributed by atoms with Gasteiger partial charge in [-0.3, -0.25) is 0 Å². The lowest BCUT2D eigenvalue weighted by atomic mass is 10.5. The van der Waals surface area contributed by atoms with Crippen molar-refractivity contribution in [1.29, 1.82) is 0 Å². The fraction of sp³-hybridized carbons (Fsp3) is 0.875. The quantitative estimate of drug-likeness (QED) is 0.635. The molecule has 5 heteroatoms. The van der Waals surface area contributed by atoms with Crippen LogP contribution < -0.4 is 0 Å². The highest BCUT2D eigenvalue weighted by Gasteiger charge is 2.17. The lowest BCUT2D eigenvalue weighted by molar-refractivity contribution is 0.0806. The summed E-state index contributed by atoms with van der Waals surface area (Å²) in [6.07, 6.45) is -0.186. The molecule has 0 spiro atoms. The maximum atomic E-state index is 11.4. The Balaban J connectivity index is 2.35. The molecule has 0 aromatic rings. The van der Waals surface area contributed by atoms with Crippen molar-refractivity contribution in [3.05, 3.63) is 0 Å². The molecule has 1 heterocycles. The number of hydrogen-bond donors (Lipinski definition) is 0. The zero-order chi connectivity index (χ0) is 9.68. The van der Waals surface area contributed by atoms with Gasteiger partial charge in [0.25, 0.3) is 0 Å². The molecule has 0 aromatic heterocycles. The Kier molecular flexibility index (Phi) is 4.80. The molecule has 76 valence electrons. The van der Waals surface area contributed by atoms with Crippen LogP contribution in [-0.4, -0.2) is 41.7 Å². The average Bonchev–Trinajstić information content (AvgIpc) is 2.29. The van der Waals surface area contributed by atoms with Gasteiger partial charge in [-0.15, -0.1) is 0 Å². The summed E-state index contributed by atoms with van der Waals surface area (Å²) in [7, 11) is 3.65. The van der Waals surface area contributed by atoms with E-state index in [1.807, 2.05) is 35.4 Å². The van der Waals surface area contributed by atoms with Crippen LogP contribution in [0.1, 0.15) is 13.8 Å². The molecular formula is C8H15NO2S2. The molecule has 1 amide bonds. The van der Waals surface area contributed by atoms with Crippen molar-refractivity contribution in [3.8, 4) is 0 Å². The van der Waals surface area contributed by atoms with E-state index < -0.39 is 0 Å². The number of amides is 1. The van der Waals surface area contributed by atoms with E-state index in [2.05, 4.69) is 0 Å². The molecule has 13 heavy (non-hydrogen) atoms. The number of nitrogens with zero attached hydrogens (tertiary/aromatic N) is 1. The Hall–Kier alpha value is -0.0300. The number of ether oxygens (including phenoxy) is 1. The van der Waals surface area contributed by atoms with Crippen LogP contribution >= 0.6 is 21.6 Å². The van der Waals surface area contributed by atoms with Gasteiger partial charge in [0.2, 0.25) is 0 Å². The highest BCUT2D eigenvalue weighted by atomic mass is 33.1. The predicted octanol–water partition coefficient (Wildman–Crippen LogP) is 2.23. The summed E-state index contributed by atoms with van der Waals surface area (Å²) in [4.78, 5) is 13.2. The molecule has 0 aliphatic carbocycles. The van der Waals surface area contributed by atoms with Crippen LogP contribution in [0.2, 0.25) is 0 Å². The number of rotatable bonds is 1. The summed E-state index contributed by atoms with van der Waals surface area (Å²) in [5.41, 5.74) is 0. The zero-order valence-corrected chi connectivity index (χ0v) is 9.62. The predicted molar refractivity (Wildman–Crippen MR) is 58.1 cm³/mol. The van der Waals surface area contributed by atoms with Crippen molar-refractivity contribution >= 4 is 27.7 Å². The molecule has 0 saturated carbocycles. The van der Waals surface area contributed by atoms with Gasteiger partial charge in [0.1, 0.15) is 0 Å². The van der Waals surface area contributed by atoms with E-state index in [0.717, 1.165) is 24.6 Å². The first-order chi connectivity index (χ1) is 6.20. The fourth-order valence-electron chi connectivity index (χ4n) is 0.983. The summed E-state index contributed by atoms with van der Waals surface area (Å²) in [5, 5.41) is 0. The van der Waals surface area contributed by atoms with Crippen LogP contribution in [0, 0.1) is 0 Å². The van der Waals surface area contributed by atoms with E-state index in [4.69, 9.17) is 4.74 Å². The Morgan fingerprint density at radius 3 is 2.31 bits per heavy atom. The van der Waals surface area contributed by atoms with Crippen LogP contribution in [0.5, 0.6) is 0 Å². The van der Waals surface area contributed by atoms with E-state index in [-0.39, 0.29) is 12.2 Å². The monoisotopic (exact) mass is 221 g/mol. The average molecular weight is 221 g/mol. The Morgan fingerprint density at radius 1 is 1.31 bits per heavy atom. The van der Waals surface area contributed by atoms with Crippen molar-refractivity contribution in [1.82, 2.24) is 4.90 Å². The molecular weight excluding hydrogens is 206 g/mol. The van der Waals surface area contributed by atoms with Gasteiger partial charge in [-0.25, -0.2) is 4.79 Å². The van der Waals surface area contributed by atoms with E-state index in [1.54, 1.807) is 4.90 Å². The normalized spacial score (nSPS) is 18.5. The smallest absolute Gasteiger partial charge is 0.410 e. The largest absolute Gasteiger partial charge is 0.447 e. The van der Waals surface area contributed by atoms with Crippen molar-refractivity contribution in [2.45, 2.75) is 20.0 Å². The first-order valence-electron chi connectivity index (χ1n) is 4.40. The Bertz CT molecular complexity index is 168. The summed E-state index contributed by atoms with van der Waals surface area (Å²) in [5.74, 6) is 2.00. The Labute approximate surface area is 87.0 Å².